The minimum Gasteiger partial charge on any atom is -0.492 e. The number of nitrogens with one attached hydrogen (secondary N) is 2. The molecule has 6 nitrogen and oxygen atoms in total. The molecule has 10 heteroatoms. The number of benzene rings is 2. The Morgan fingerprint density at radius 2 is 1.87 bits per heavy atom. The van der Waals surface area contributed by atoms with Gasteiger partial charge in [0.15, 0.2) is 0 Å². The smallest absolute Gasteiger partial charge is 0.416 e. The summed E-state index contributed by atoms with van der Waals surface area (Å²) in [6.07, 6.45) is -3.08. The number of carbonyl (C=O) groups is 1. The van der Waals surface area contributed by atoms with Gasteiger partial charge in [0.05, 0.1) is 22.8 Å². The van der Waals surface area contributed by atoms with Crippen molar-refractivity contribution in [2.75, 3.05) is 11.9 Å². The largest absolute Gasteiger partial charge is 0.492 e. The summed E-state index contributed by atoms with van der Waals surface area (Å²) >= 11 is 0. The van der Waals surface area contributed by atoms with Crippen molar-refractivity contribution in [2.45, 2.75) is 43.8 Å². The van der Waals surface area contributed by atoms with E-state index < -0.39 is 27.7 Å². The highest BCUT2D eigenvalue weighted by molar-refractivity contribution is 7.89. The van der Waals surface area contributed by atoms with E-state index in [1.165, 1.54) is 18.2 Å². The minimum absolute atomic E-state index is 0.0357. The number of alkyl halides is 3. The van der Waals surface area contributed by atoms with Crippen LogP contribution in [0.15, 0.2) is 41.3 Å². The maximum absolute atomic E-state index is 13.1. The molecule has 1 fully saturated rings. The first-order chi connectivity index (χ1) is 14.0. The van der Waals surface area contributed by atoms with Gasteiger partial charge < -0.3 is 10.1 Å². The number of sulfonamides is 1. The second kappa shape index (κ2) is 8.27. The molecule has 1 aliphatic carbocycles. The van der Waals surface area contributed by atoms with Crippen molar-refractivity contribution in [3.63, 3.8) is 0 Å². The Bertz CT molecular complexity index is 1060. The molecule has 0 aliphatic heterocycles. The molecular weight excluding hydrogens is 421 g/mol. The van der Waals surface area contributed by atoms with Gasteiger partial charge in [-0.25, -0.2) is 13.1 Å². The highest BCUT2D eigenvalue weighted by atomic mass is 32.2. The summed E-state index contributed by atoms with van der Waals surface area (Å²) < 4.78 is 71.9. The van der Waals surface area contributed by atoms with Crippen molar-refractivity contribution >= 4 is 21.6 Å². The van der Waals surface area contributed by atoms with Gasteiger partial charge in [-0.1, -0.05) is 6.07 Å². The van der Waals surface area contributed by atoms with Gasteiger partial charge in [-0.15, -0.1) is 0 Å². The van der Waals surface area contributed by atoms with Crippen LogP contribution in [0.1, 0.15) is 41.3 Å². The molecule has 0 saturated heterocycles. The predicted molar refractivity (Wildman–Crippen MR) is 105 cm³/mol. The van der Waals surface area contributed by atoms with Crippen molar-refractivity contribution in [3.05, 3.63) is 53.1 Å². The predicted octanol–water partition coefficient (Wildman–Crippen LogP) is 4.11. The van der Waals surface area contributed by atoms with Crippen molar-refractivity contribution in [2.24, 2.45) is 0 Å². The summed E-state index contributed by atoms with van der Waals surface area (Å²) in [6.45, 7) is 3.46. The fourth-order valence-electron chi connectivity index (χ4n) is 2.78. The lowest BCUT2D eigenvalue weighted by Crippen LogP contribution is -2.26. The van der Waals surface area contributed by atoms with E-state index in [1.807, 2.05) is 0 Å². The molecule has 2 aromatic rings. The normalized spacial score (nSPS) is 14.4. The van der Waals surface area contributed by atoms with Gasteiger partial charge in [0.25, 0.3) is 5.91 Å². The van der Waals surface area contributed by atoms with Crippen LogP contribution in [0, 0.1) is 6.92 Å². The molecule has 0 aromatic heterocycles. The van der Waals surface area contributed by atoms with Crippen LogP contribution >= 0.6 is 0 Å². The first-order valence-corrected chi connectivity index (χ1v) is 10.8. The zero-order chi connectivity index (χ0) is 22.1. The number of ether oxygens (including phenoxy) is 1. The number of hydrogen-bond acceptors (Lipinski definition) is 4. The van der Waals surface area contributed by atoms with E-state index in [4.69, 9.17) is 4.74 Å². The molecule has 0 bridgehead atoms. The zero-order valence-corrected chi connectivity index (χ0v) is 17.2. The van der Waals surface area contributed by atoms with Crippen LogP contribution in [-0.2, 0) is 16.2 Å². The fourth-order valence-corrected chi connectivity index (χ4v) is 4.11. The van der Waals surface area contributed by atoms with Crippen molar-refractivity contribution in [1.82, 2.24) is 4.72 Å². The summed E-state index contributed by atoms with van der Waals surface area (Å²) in [6, 6.07) is 6.75. The quantitative estimate of drug-likeness (QED) is 0.676. The Hall–Kier alpha value is -2.59. The Kier molecular flexibility index (Phi) is 6.09. The van der Waals surface area contributed by atoms with Crippen molar-refractivity contribution < 1.29 is 31.1 Å². The van der Waals surface area contributed by atoms with Crippen molar-refractivity contribution in [3.8, 4) is 5.75 Å². The summed E-state index contributed by atoms with van der Waals surface area (Å²) in [7, 11) is -3.79. The van der Waals surface area contributed by atoms with E-state index in [-0.39, 0.29) is 34.5 Å². The third-order valence-electron chi connectivity index (χ3n) is 4.52. The molecule has 0 heterocycles. The summed E-state index contributed by atoms with van der Waals surface area (Å²) in [4.78, 5) is 12.7. The minimum atomic E-state index is -4.59. The number of halogens is 3. The molecule has 0 spiro atoms. The molecule has 1 aliphatic rings. The average Bonchev–Trinajstić information content (AvgIpc) is 3.45. The first-order valence-electron chi connectivity index (χ1n) is 9.29. The van der Waals surface area contributed by atoms with Crippen LogP contribution < -0.4 is 14.8 Å². The molecule has 1 amide bonds. The number of aryl methyl sites for hydroxylation is 1. The van der Waals surface area contributed by atoms with E-state index >= 15 is 0 Å². The maximum atomic E-state index is 13.1. The standard InChI is InChI=1S/C20H21F3N2O4S/c1-3-29-18-9-5-13(20(21,22)23)10-17(18)24-19(26)16-11-15(8-4-12(16)2)30(27,28)25-14-6-7-14/h4-5,8-11,14,25H,3,6-7H2,1-2H3,(H,24,26). The lowest BCUT2D eigenvalue weighted by molar-refractivity contribution is -0.137. The lowest BCUT2D eigenvalue weighted by Gasteiger charge is -2.16. The lowest BCUT2D eigenvalue weighted by atomic mass is 10.1. The van der Waals surface area contributed by atoms with Gasteiger partial charge in [0.1, 0.15) is 5.75 Å². The summed E-state index contributed by atoms with van der Waals surface area (Å²) in [5.41, 5.74) is -0.584. The third-order valence-corrected chi connectivity index (χ3v) is 6.04. The topological polar surface area (TPSA) is 84.5 Å². The van der Waals surface area contributed by atoms with Gasteiger partial charge in [-0.05, 0) is 62.6 Å². The second-order valence-corrected chi connectivity index (χ2v) is 8.68. The van der Waals surface area contributed by atoms with Crippen LogP contribution in [0.3, 0.4) is 0 Å². The Morgan fingerprint density at radius 3 is 2.47 bits per heavy atom. The maximum Gasteiger partial charge on any atom is 0.416 e. The molecule has 0 atom stereocenters. The number of carbonyl (C=O) groups excluding carboxylic acids is 1. The zero-order valence-electron chi connectivity index (χ0n) is 16.3. The van der Waals surface area contributed by atoms with Gasteiger partial charge in [-0.2, -0.15) is 13.2 Å². The van der Waals surface area contributed by atoms with E-state index in [9.17, 15) is 26.4 Å². The SMILES string of the molecule is CCOc1ccc(C(F)(F)F)cc1NC(=O)c1cc(S(=O)(=O)NC2CC2)ccc1C. The number of amides is 1. The molecule has 0 unspecified atom stereocenters. The molecule has 162 valence electrons. The van der Waals surface area contributed by atoms with Crippen molar-refractivity contribution in [1.29, 1.82) is 0 Å². The second-order valence-electron chi connectivity index (χ2n) is 6.97. The molecule has 0 radical (unpaired) electrons. The van der Waals surface area contributed by atoms with Gasteiger partial charge >= 0.3 is 6.18 Å². The highest BCUT2D eigenvalue weighted by Gasteiger charge is 2.32. The van der Waals surface area contributed by atoms with Crippen LogP contribution in [-0.4, -0.2) is 27.0 Å². The van der Waals surface area contributed by atoms with E-state index in [0.29, 0.717) is 5.56 Å². The average molecular weight is 442 g/mol. The molecule has 2 N–H and O–H groups in total. The first kappa shape index (κ1) is 22.1. The molecule has 1 saturated carbocycles. The van der Waals surface area contributed by atoms with Crippen LogP contribution in [0.4, 0.5) is 18.9 Å². The molecule has 2 aromatic carbocycles. The Labute approximate surface area is 172 Å². The van der Waals surface area contributed by atoms with Crippen LogP contribution in [0.25, 0.3) is 0 Å². The van der Waals surface area contributed by atoms with E-state index in [2.05, 4.69) is 10.0 Å². The third kappa shape index (κ3) is 5.11. The summed E-state index contributed by atoms with van der Waals surface area (Å²) in [5.74, 6) is -0.660. The Morgan fingerprint density at radius 1 is 1.17 bits per heavy atom. The molecule has 30 heavy (non-hydrogen) atoms. The van der Waals surface area contributed by atoms with E-state index in [1.54, 1.807) is 13.8 Å². The summed E-state index contributed by atoms with van der Waals surface area (Å²) in [5, 5.41) is 2.42. The van der Waals surface area contributed by atoms with Gasteiger partial charge in [0, 0.05) is 11.6 Å². The molecule has 3 rings (SSSR count). The molecular formula is C20H21F3N2O4S. The highest BCUT2D eigenvalue weighted by Crippen LogP contribution is 2.35. The van der Waals surface area contributed by atoms with Gasteiger partial charge in [0.2, 0.25) is 10.0 Å². The number of hydrogen-bond donors (Lipinski definition) is 2. The van der Waals surface area contributed by atoms with Crippen LogP contribution in [0.5, 0.6) is 5.75 Å². The van der Waals surface area contributed by atoms with Crippen LogP contribution in [0.2, 0.25) is 0 Å². The monoisotopic (exact) mass is 442 g/mol. The Balaban J connectivity index is 1.93. The van der Waals surface area contributed by atoms with Gasteiger partial charge in [-0.3, -0.25) is 4.79 Å². The fraction of sp³-hybridized carbons (Fsp3) is 0.350. The number of rotatable bonds is 7. The number of anilines is 1. The van der Waals surface area contributed by atoms with E-state index in [0.717, 1.165) is 31.0 Å².